The van der Waals surface area contributed by atoms with Crippen LogP contribution in [0.15, 0.2) is 36.5 Å². The van der Waals surface area contributed by atoms with Gasteiger partial charge in [0.15, 0.2) is 0 Å². The van der Waals surface area contributed by atoms with Crippen molar-refractivity contribution in [3.05, 3.63) is 36.5 Å². The molecule has 10 heavy (non-hydrogen) atoms. The van der Waals surface area contributed by atoms with Gasteiger partial charge in [0, 0.05) is 11.5 Å². The zero-order chi connectivity index (χ0) is 7.98. The third-order valence-corrected chi connectivity index (χ3v) is 1.93. The summed E-state index contributed by atoms with van der Waals surface area (Å²) in [4.78, 5) is 0. The molecule has 0 bridgehead atoms. The molecule has 0 spiro atoms. The first-order valence-corrected chi connectivity index (χ1v) is 4.25. The fourth-order valence-corrected chi connectivity index (χ4v) is 1.26. The molecule has 0 aromatic carbocycles. The minimum absolute atomic E-state index is 0.700. The van der Waals surface area contributed by atoms with Crippen molar-refractivity contribution < 1.29 is 0 Å². The fourth-order valence-electron chi connectivity index (χ4n) is 0.594. The lowest BCUT2D eigenvalue weighted by Crippen LogP contribution is -1.88. The Balaban J connectivity index is 4.50. The molecule has 0 aromatic rings. The summed E-state index contributed by atoms with van der Waals surface area (Å²) in [5.41, 5.74) is 2.21. The van der Waals surface area contributed by atoms with Gasteiger partial charge in [-0.15, -0.1) is 0 Å². The van der Waals surface area contributed by atoms with Crippen LogP contribution in [-0.4, -0.2) is 11.5 Å². The van der Waals surface area contributed by atoms with Gasteiger partial charge in [-0.25, -0.2) is 0 Å². The van der Waals surface area contributed by atoms with Gasteiger partial charge < -0.3 is 0 Å². The van der Waals surface area contributed by atoms with E-state index >= 15 is 0 Å². The number of allylic oxidation sites excluding steroid dienone is 2. The predicted molar refractivity (Wildman–Crippen MR) is 55.1 cm³/mol. The molecule has 0 nitrogen and oxygen atoms in total. The normalized spacial score (nSPS) is 12.2. The van der Waals surface area contributed by atoms with Crippen LogP contribution in [0.2, 0.25) is 0 Å². The average Bonchev–Trinajstić information content (AvgIpc) is 2.00. The van der Waals surface area contributed by atoms with Gasteiger partial charge in [0.1, 0.15) is 0 Å². The zero-order valence-corrected chi connectivity index (χ0v) is 7.67. The zero-order valence-electron chi connectivity index (χ0n) is 5.88. The van der Waals surface area contributed by atoms with E-state index < -0.39 is 0 Å². The van der Waals surface area contributed by atoms with Crippen molar-refractivity contribution in [3.8, 4) is 0 Å². The lowest BCUT2D eigenvalue weighted by atomic mass is 10.1. The van der Waals surface area contributed by atoms with Crippen LogP contribution >= 0.6 is 25.3 Å². The van der Waals surface area contributed by atoms with Crippen molar-refractivity contribution in [3.63, 3.8) is 0 Å². The second-order valence-corrected chi connectivity index (χ2v) is 2.41. The molecule has 2 heteroatoms. The Labute approximate surface area is 73.5 Å². The van der Waals surface area contributed by atoms with Crippen LogP contribution in [-0.2, 0) is 0 Å². The van der Waals surface area contributed by atoms with E-state index in [9.17, 15) is 0 Å². The van der Waals surface area contributed by atoms with Crippen molar-refractivity contribution in [1.82, 2.24) is 0 Å². The van der Waals surface area contributed by atoms with E-state index in [1.165, 1.54) is 0 Å². The molecule has 0 radical (unpaired) electrons. The molecule has 0 fully saturated rings. The Hall–Kier alpha value is -0.0800. The number of hydrogen-bond acceptors (Lipinski definition) is 2. The summed E-state index contributed by atoms with van der Waals surface area (Å²) in [5, 5.41) is 0. The average molecular weight is 172 g/mol. The van der Waals surface area contributed by atoms with Crippen LogP contribution in [0.4, 0.5) is 0 Å². The Morgan fingerprint density at radius 3 is 1.40 bits per heavy atom. The van der Waals surface area contributed by atoms with E-state index in [1.54, 1.807) is 12.2 Å². The molecular weight excluding hydrogens is 160 g/mol. The largest absolute Gasteiger partial charge is 0.175 e. The van der Waals surface area contributed by atoms with Crippen molar-refractivity contribution in [2.24, 2.45) is 0 Å². The van der Waals surface area contributed by atoms with Gasteiger partial charge in [0.25, 0.3) is 0 Å². The molecule has 0 saturated carbocycles. The van der Waals surface area contributed by atoms with Gasteiger partial charge in [-0.05, 0) is 11.1 Å². The van der Waals surface area contributed by atoms with Gasteiger partial charge in [0.2, 0.25) is 0 Å². The van der Waals surface area contributed by atoms with Crippen LogP contribution < -0.4 is 0 Å². The van der Waals surface area contributed by atoms with Crippen molar-refractivity contribution >= 4 is 25.3 Å². The minimum Gasteiger partial charge on any atom is -0.175 e. The smallest absolute Gasteiger partial charge is 0.0157 e. The fraction of sp³-hybridized carbons (Fsp3) is 0.250. The summed E-state index contributed by atoms with van der Waals surface area (Å²) in [7, 11) is 0. The van der Waals surface area contributed by atoms with Crippen LogP contribution in [0.1, 0.15) is 0 Å². The first kappa shape index (κ1) is 9.92. The van der Waals surface area contributed by atoms with Crippen LogP contribution in [0.3, 0.4) is 0 Å². The predicted octanol–water partition coefficient (Wildman–Crippen LogP) is 2.51. The van der Waals surface area contributed by atoms with Gasteiger partial charge >= 0.3 is 0 Å². The number of rotatable bonds is 4. The second-order valence-electron chi connectivity index (χ2n) is 1.77. The highest BCUT2D eigenvalue weighted by atomic mass is 32.1. The van der Waals surface area contributed by atoms with E-state index in [0.29, 0.717) is 11.5 Å². The molecule has 0 atom stereocenters. The molecule has 0 aliphatic heterocycles. The molecule has 0 saturated heterocycles. The van der Waals surface area contributed by atoms with Crippen molar-refractivity contribution in [2.75, 3.05) is 11.5 Å². The third-order valence-electron chi connectivity index (χ3n) is 1.25. The molecule has 0 aromatic heterocycles. The Kier molecular flexibility index (Phi) is 5.64. The van der Waals surface area contributed by atoms with E-state index in [2.05, 4.69) is 38.4 Å². The van der Waals surface area contributed by atoms with Gasteiger partial charge in [-0.1, -0.05) is 25.3 Å². The van der Waals surface area contributed by atoms with Crippen molar-refractivity contribution in [1.29, 1.82) is 0 Å². The maximum absolute atomic E-state index is 4.13. The molecule has 0 rings (SSSR count). The molecule has 0 N–H and O–H groups in total. The lowest BCUT2D eigenvalue weighted by molar-refractivity contribution is 1.42. The maximum atomic E-state index is 4.13. The monoisotopic (exact) mass is 172 g/mol. The topological polar surface area (TPSA) is 0 Å². The highest BCUT2D eigenvalue weighted by molar-refractivity contribution is 7.80. The van der Waals surface area contributed by atoms with E-state index in [4.69, 9.17) is 0 Å². The highest BCUT2D eigenvalue weighted by Crippen LogP contribution is 2.09. The Bertz CT molecular complexity index is 139. The minimum atomic E-state index is 0.700. The first-order chi connectivity index (χ1) is 4.79. The van der Waals surface area contributed by atoms with E-state index in [1.807, 2.05) is 0 Å². The van der Waals surface area contributed by atoms with Crippen LogP contribution in [0.25, 0.3) is 0 Å². The first-order valence-electron chi connectivity index (χ1n) is 2.98. The van der Waals surface area contributed by atoms with Gasteiger partial charge in [0.05, 0.1) is 0 Å². The molecule has 0 aliphatic rings. The van der Waals surface area contributed by atoms with Crippen LogP contribution in [0.5, 0.6) is 0 Å². The summed E-state index contributed by atoms with van der Waals surface area (Å²) in [6.07, 6.45) is 3.58. The molecule has 0 unspecified atom stereocenters. The molecule has 0 aliphatic carbocycles. The van der Waals surface area contributed by atoms with E-state index in [-0.39, 0.29) is 0 Å². The van der Waals surface area contributed by atoms with Crippen LogP contribution in [0, 0.1) is 0 Å². The number of thiol groups is 2. The van der Waals surface area contributed by atoms with Gasteiger partial charge in [-0.2, -0.15) is 25.3 Å². The second kappa shape index (κ2) is 5.69. The Morgan fingerprint density at radius 2 is 1.30 bits per heavy atom. The molecule has 56 valence electrons. The maximum Gasteiger partial charge on any atom is 0.0157 e. The molecule has 0 amide bonds. The summed E-state index contributed by atoms with van der Waals surface area (Å²) in [5.74, 6) is 1.40. The summed E-state index contributed by atoms with van der Waals surface area (Å²) >= 11 is 8.26. The van der Waals surface area contributed by atoms with E-state index in [0.717, 1.165) is 11.1 Å². The third kappa shape index (κ3) is 2.67. The van der Waals surface area contributed by atoms with Crippen molar-refractivity contribution in [2.45, 2.75) is 0 Å². The summed E-state index contributed by atoms with van der Waals surface area (Å²) < 4.78 is 0. The quantitative estimate of drug-likeness (QED) is 0.472. The SMILES string of the molecule is C=C/C(CS)=C(\C=C)CS. The van der Waals surface area contributed by atoms with Gasteiger partial charge in [-0.3, -0.25) is 0 Å². The standard InChI is InChI=1S/C8H12S2/c1-3-7(5-9)8(4-2)6-10/h3-4,9-10H,1-2,5-6H2/b8-7-. The number of hydrogen-bond donors (Lipinski definition) is 2. The molecule has 0 heterocycles. The summed E-state index contributed by atoms with van der Waals surface area (Å²) in [6.45, 7) is 7.32. The highest BCUT2D eigenvalue weighted by Gasteiger charge is 1.94. The molecular formula is C8H12S2. The summed E-state index contributed by atoms with van der Waals surface area (Å²) in [6, 6.07) is 0. The lowest BCUT2D eigenvalue weighted by Gasteiger charge is -2.01. The Morgan fingerprint density at radius 1 is 1.00 bits per heavy atom.